The zero-order valence-corrected chi connectivity index (χ0v) is 10.2. The van der Waals surface area contributed by atoms with Gasteiger partial charge in [0.05, 0.1) is 12.7 Å². The Hall–Kier alpha value is -1.59. The minimum absolute atomic E-state index is 0.0272. The van der Waals surface area contributed by atoms with Gasteiger partial charge in [-0.25, -0.2) is 0 Å². The van der Waals surface area contributed by atoms with E-state index < -0.39 is 0 Å². The van der Waals surface area contributed by atoms with Crippen LogP contribution in [0.3, 0.4) is 0 Å². The van der Waals surface area contributed by atoms with Gasteiger partial charge < -0.3 is 20.1 Å². The lowest BCUT2D eigenvalue weighted by Crippen LogP contribution is -2.49. The quantitative estimate of drug-likeness (QED) is 0.832. The number of hydrogen-bond donors (Lipinski definition) is 1. The SMILES string of the molecule is NCC1CN(C(=O)COc2ccccc2)CCO1. The van der Waals surface area contributed by atoms with Crippen LogP contribution < -0.4 is 10.5 Å². The summed E-state index contributed by atoms with van der Waals surface area (Å²) in [6, 6.07) is 9.31. The monoisotopic (exact) mass is 250 g/mol. The Morgan fingerprint density at radius 3 is 2.94 bits per heavy atom. The van der Waals surface area contributed by atoms with Gasteiger partial charge in [-0.15, -0.1) is 0 Å². The van der Waals surface area contributed by atoms with Crippen LogP contribution in [0.15, 0.2) is 30.3 Å². The zero-order valence-electron chi connectivity index (χ0n) is 10.2. The van der Waals surface area contributed by atoms with E-state index in [2.05, 4.69) is 0 Å². The second-order valence-corrected chi connectivity index (χ2v) is 4.17. The average Bonchev–Trinajstić information content (AvgIpc) is 2.46. The van der Waals surface area contributed by atoms with E-state index in [-0.39, 0.29) is 18.6 Å². The number of carbonyl (C=O) groups is 1. The molecule has 0 aliphatic carbocycles. The number of para-hydroxylation sites is 1. The maximum Gasteiger partial charge on any atom is 0.260 e. The molecular formula is C13H18N2O3. The van der Waals surface area contributed by atoms with Crippen molar-refractivity contribution in [3.8, 4) is 5.75 Å². The van der Waals surface area contributed by atoms with E-state index in [1.54, 1.807) is 4.90 Å². The van der Waals surface area contributed by atoms with E-state index >= 15 is 0 Å². The molecule has 1 unspecified atom stereocenters. The molecule has 1 saturated heterocycles. The van der Waals surface area contributed by atoms with Crippen LogP contribution in [0.2, 0.25) is 0 Å². The maximum atomic E-state index is 11.9. The van der Waals surface area contributed by atoms with Crippen LogP contribution in [0.5, 0.6) is 5.75 Å². The van der Waals surface area contributed by atoms with Crippen molar-refractivity contribution in [2.75, 3.05) is 32.8 Å². The van der Waals surface area contributed by atoms with Crippen LogP contribution in [-0.2, 0) is 9.53 Å². The van der Waals surface area contributed by atoms with E-state index in [0.717, 1.165) is 0 Å². The van der Waals surface area contributed by atoms with E-state index in [9.17, 15) is 4.79 Å². The highest BCUT2D eigenvalue weighted by molar-refractivity contribution is 5.77. The fraction of sp³-hybridized carbons (Fsp3) is 0.462. The molecule has 1 fully saturated rings. The summed E-state index contributed by atoms with van der Waals surface area (Å²) in [5.74, 6) is 0.676. The molecule has 5 heteroatoms. The third-order valence-corrected chi connectivity index (χ3v) is 2.86. The lowest BCUT2D eigenvalue weighted by Gasteiger charge is -2.32. The summed E-state index contributed by atoms with van der Waals surface area (Å²) in [6.45, 7) is 2.19. The number of hydrogen-bond acceptors (Lipinski definition) is 4. The van der Waals surface area contributed by atoms with Gasteiger partial charge in [0.1, 0.15) is 5.75 Å². The van der Waals surface area contributed by atoms with Crippen molar-refractivity contribution >= 4 is 5.91 Å². The van der Waals surface area contributed by atoms with Gasteiger partial charge in [0, 0.05) is 19.6 Å². The molecule has 2 N–H and O–H groups in total. The number of rotatable bonds is 4. The summed E-state index contributed by atoms with van der Waals surface area (Å²) in [6.07, 6.45) is -0.0561. The van der Waals surface area contributed by atoms with Crippen molar-refractivity contribution in [2.24, 2.45) is 5.73 Å². The van der Waals surface area contributed by atoms with Crippen LogP contribution in [0.25, 0.3) is 0 Å². The second-order valence-electron chi connectivity index (χ2n) is 4.17. The third-order valence-electron chi connectivity index (χ3n) is 2.86. The summed E-state index contributed by atoms with van der Waals surface area (Å²) in [5.41, 5.74) is 5.54. The van der Waals surface area contributed by atoms with Crippen LogP contribution in [0.4, 0.5) is 0 Å². The summed E-state index contributed by atoms with van der Waals surface area (Å²) in [4.78, 5) is 13.7. The second kappa shape index (κ2) is 6.37. The molecule has 1 amide bonds. The predicted octanol–water partition coefficient (Wildman–Crippen LogP) is 0.251. The molecule has 1 aromatic carbocycles. The molecule has 0 bridgehead atoms. The van der Waals surface area contributed by atoms with Crippen LogP contribution in [0.1, 0.15) is 0 Å². The van der Waals surface area contributed by atoms with Gasteiger partial charge in [-0.1, -0.05) is 18.2 Å². The zero-order chi connectivity index (χ0) is 12.8. The minimum Gasteiger partial charge on any atom is -0.484 e. The number of morpholine rings is 1. The third kappa shape index (κ3) is 3.45. The Kier molecular flexibility index (Phi) is 4.55. The molecule has 0 aromatic heterocycles. The van der Waals surface area contributed by atoms with Crippen LogP contribution in [0, 0.1) is 0 Å². The molecular weight excluding hydrogens is 232 g/mol. The van der Waals surface area contributed by atoms with Crippen molar-refractivity contribution in [2.45, 2.75) is 6.10 Å². The fourth-order valence-corrected chi connectivity index (χ4v) is 1.84. The van der Waals surface area contributed by atoms with Crippen molar-refractivity contribution < 1.29 is 14.3 Å². The topological polar surface area (TPSA) is 64.8 Å². The van der Waals surface area contributed by atoms with E-state index in [1.165, 1.54) is 0 Å². The number of benzene rings is 1. The summed E-state index contributed by atoms with van der Waals surface area (Å²) in [5, 5.41) is 0. The highest BCUT2D eigenvalue weighted by Crippen LogP contribution is 2.09. The fourth-order valence-electron chi connectivity index (χ4n) is 1.84. The predicted molar refractivity (Wildman–Crippen MR) is 67.3 cm³/mol. The van der Waals surface area contributed by atoms with Crippen molar-refractivity contribution in [3.05, 3.63) is 30.3 Å². The Morgan fingerprint density at radius 1 is 1.44 bits per heavy atom. The minimum atomic E-state index is -0.0561. The van der Waals surface area contributed by atoms with Crippen LogP contribution >= 0.6 is 0 Å². The highest BCUT2D eigenvalue weighted by atomic mass is 16.5. The first kappa shape index (κ1) is 12.9. The molecule has 0 spiro atoms. The number of carbonyl (C=O) groups excluding carboxylic acids is 1. The van der Waals surface area contributed by atoms with Gasteiger partial charge in [-0.3, -0.25) is 4.79 Å². The average molecular weight is 250 g/mol. The van der Waals surface area contributed by atoms with E-state index in [4.69, 9.17) is 15.2 Å². The first-order valence-corrected chi connectivity index (χ1v) is 6.07. The molecule has 1 aliphatic heterocycles. The van der Waals surface area contributed by atoms with Gasteiger partial charge in [0.25, 0.3) is 5.91 Å². The summed E-state index contributed by atoms with van der Waals surface area (Å²) in [7, 11) is 0. The molecule has 98 valence electrons. The Bertz CT molecular complexity index is 383. The largest absolute Gasteiger partial charge is 0.484 e. The van der Waals surface area contributed by atoms with Gasteiger partial charge in [-0.05, 0) is 12.1 Å². The van der Waals surface area contributed by atoms with Crippen molar-refractivity contribution in [3.63, 3.8) is 0 Å². The lowest BCUT2D eigenvalue weighted by molar-refractivity contribution is -0.140. The first-order valence-electron chi connectivity index (χ1n) is 6.07. The Balaban J connectivity index is 1.81. The smallest absolute Gasteiger partial charge is 0.260 e. The van der Waals surface area contributed by atoms with Crippen LogP contribution in [-0.4, -0.2) is 49.8 Å². The molecule has 5 nitrogen and oxygen atoms in total. The summed E-state index contributed by atoms with van der Waals surface area (Å²) >= 11 is 0. The number of nitrogens with two attached hydrogens (primary N) is 1. The first-order chi connectivity index (χ1) is 8.79. The lowest BCUT2D eigenvalue weighted by atomic mass is 10.2. The molecule has 1 aliphatic rings. The van der Waals surface area contributed by atoms with Gasteiger partial charge in [0.15, 0.2) is 6.61 Å². The van der Waals surface area contributed by atoms with Gasteiger partial charge in [0.2, 0.25) is 0 Å². The van der Waals surface area contributed by atoms with E-state index in [1.807, 2.05) is 30.3 Å². The Morgan fingerprint density at radius 2 is 2.22 bits per heavy atom. The van der Waals surface area contributed by atoms with Crippen molar-refractivity contribution in [1.82, 2.24) is 4.90 Å². The molecule has 2 rings (SSSR count). The molecule has 0 radical (unpaired) electrons. The highest BCUT2D eigenvalue weighted by Gasteiger charge is 2.23. The molecule has 18 heavy (non-hydrogen) atoms. The number of nitrogens with zero attached hydrogens (tertiary/aromatic N) is 1. The normalized spacial score (nSPS) is 19.6. The molecule has 1 atom stereocenters. The van der Waals surface area contributed by atoms with Gasteiger partial charge >= 0.3 is 0 Å². The molecule has 0 saturated carbocycles. The summed E-state index contributed by atoms with van der Waals surface area (Å²) < 4.78 is 10.8. The van der Waals surface area contributed by atoms with Gasteiger partial charge in [-0.2, -0.15) is 0 Å². The number of ether oxygens (including phenoxy) is 2. The molecule has 1 heterocycles. The van der Waals surface area contributed by atoms with Crippen molar-refractivity contribution in [1.29, 1.82) is 0 Å². The maximum absolute atomic E-state index is 11.9. The molecule has 1 aromatic rings. The number of amides is 1. The standard InChI is InChI=1S/C13H18N2O3/c14-8-12-9-15(6-7-17-12)13(16)10-18-11-4-2-1-3-5-11/h1-5,12H,6-10,14H2. The van der Waals surface area contributed by atoms with E-state index in [0.29, 0.717) is 32.0 Å². The Labute approximate surface area is 106 Å².